The van der Waals surface area contributed by atoms with Crippen LogP contribution in [0, 0.1) is 17.2 Å². The molecule has 4 rings (SSSR count). The lowest BCUT2D eigenvalue weighted by Gasteiger charge is -2.26. The maximum absolute atomic E-state index is 12.1. The summed E-state index contributed by atoms with van der Waals surface area (Å²) in [7, 11) is 0. The number of rotatable bonds is 3. The van der Waals surface area contributed by atoms with Crippen molar-refractivity contribution < 1.29 is 13.9 Å². The van der Waals surface area contributed by atoms with E-state index in [0.717, 1.165) is 17.9 Å². The van der Waals surface area contributed by atoms with Crippen LogP contribution in [0.3, 0.4) is 0 Å². The molecule has 2 aliphatic heterocycles. The minimum Gasteiger partial charge on any atom is -0.460 e. The van der Waals surface area contributed by atoms with Crippen molar-refractivity contribution in [2.45, 2.75) is 12.6 Å². The maximum atomic E-state index is 12.1. The summed E-state index contributed by atoms with van der Waals surface area (Å²) in [6.07, 6.45) is 0. The Bertz CT molecular complexity index is 823. The highest BCUT2D eigenvalue weighted by Crippen LogP contribution is 2.26. The summed E-state index contributed by atoms with van der Waals surface area (Å²) in [6, 6.07) is 13.5. The van der Waals surface area contributed by atoms with Crippen molar-refractivity contribution in [2.75, 3.05) is 26.3 Å². The van der Waals surface area contributed by atoms with Gasteiger partial charge >= 0.3 is 0 Å². The Labute approximate surface area is 146 Å². The smallest absolute Gasteiger partial charge is 0.227 e. The molecule has 0 unspecified atom stereocenters. The Morgan fingerprint density at radius 1 is 1.20 bits per heavy atom. The quantitative estimate of drug-likeness (QED) is 0.923. The van der Waals surface area contributed by atoms with Gasteiger partial charge in [0.1, 0.15) is 11.5 Å². The van der Waals surface area contributed by atoms with Crippen LogP contribution in [0.1, 0.15) is 11.3 Å². The third-order valence-corrected chi connectivity index (χ3v) is 4.67. The third kappa shape index (κ3) is 3.29. The van der Waals surface area contributed by atoms with Crippen molar-refractivity contribution in [1.82, 2.24) is 10.2 Å². The van der Waals surface area contributed by atoms with Crippen LogP contribution in [-0.2, 0) is 16.1 Å². The highest BCUT2D eigenvalue weighted by Gasteiger charge is 2.33. The SMILES string of the molecule is N#Cc1ccccc1-c1ccc(CN2C[C@H]3COC[C@@H](C2)C(=O)N3)o1. The van der Waals surface area contributed by atoms with E-state index in [0.29, 0.717) is 37.6 Å². The van der Waals surface area contributed by atoms with Gasteiger partial charge in [0.25, 0.3) is 0 Å². The van der Waals surface area contributed by atoms with Crippen LogP contribution in [0.4, 0.5) is 0 Å². The van der Waals surface area contributed by atoms with Gasteiger partial charge in [0, 0.05) is 18.7 Å². The standard InChI is InChI=1S/C19H19N3O3/c20-7-13-3-1-2-4-17(13)18-6-5-16(25-18)10-22-8-14-11-24-12-15(9-22)21-19(14)23/h1-6,14-15H,8-12H2,(H,21,23)/t14-,15+/m1/s1. The van der Waals surface area contributed by atoms with E-state index in [2.05, 4.69) is 16.3 Å². The third-order valence-electron chi connectivity index (χ3n) is 4.67. The summed E-state index contributed by atoms with van der Waals surface area (Å²) in [4.78, 5) is 14.3. The topological polar surface area (TPSA) is 78.5 Å². The van der Waals surface area contributed by atoms with Crippen molar-refractivity contribution >= 4 is 5.91 Å². The van der Waals surface area contributed by atoms with Crippen LogP contribution in [0.15, 0.2) is 40.8 Å². The first-order chi connectivity index (χ1) is 12.2. The van der Waals surface area contributed by atoms with Crippen molar-refractivity contribution in [2.24, 2.45) is 5.92 Å². The van der Waals surface area contributed by atoms with Gasteiger partial charge in [0.05, 0.1) is 43.4 Å². The number of ether oxygens (including phenoxy) is 1. The number of nitriles is 1. The normalized spacial score (nSPS) is 23.6. The van der Waals surface area contributed by atoms with E-state index in [1.165, 1.54) is 0 Å². The van der Waals surface area contributed by atoms with Gasteiger partial charge in [0.2, 0.25) is 5.91 Å². The van der Waals surface area contributed by atoms with E-state index < -0.39 is 0 Å². The van der Waals surface area contributed by atoms with Gasteiger partial charge in [-0.15, -0.1) is 0 Å². The molecule has 1 amide bonds. The molecule has 0 radical (unpaired) electrons. The summed E-state index contributed by atoms with van der Waals surface area (Å²) in [6.45, 7) is 3.06. The Morgan fingerprint density at radius 3 is 2.96 bits per heavy atom. The molecule has 2 fully saturated rings. The van der Waals surface area contributed by atoms with Crippen LogP contribution in [0.25, 0.3) is 11.3 Å². The molecule has 3 heterocycles. The minimum absolute atomic E-state index is 0.0220. The molecule has 6 nitrogen and oxygen atoms in total. The summed E-state index contributed by atoms with van der Waals surface area (Å²) in [5, 5.41) is 12.3. The fourth-order valence-corrected chi connectivity index (χ4v) is 3.47. The first kappa shape index (κ1) is 15.9. The molecule has 25 heavy (non-hydrogen) atoms. The highest BCUT2D eigenvalue weighted by atomic mass is 16.5. The second kappa shape index (κ2) is 6.71. The van der Waals surface area contributed by atoms with Gasteiger partial charge in [-0.25, -0.2) is 0 Å². The molecule has 6 heteroatoms. The second-order valence-corrected chi connectivity index (χ2v) is 6.56. The van der Waals surface area contributed by atoms with E-state index in [-0.39, 0.29) is 17.9 Å². The largest absolute Gasteiger partial charge is 0.460 e. The van der Waals surface area contributed by atoms with Crippen molar-refractivity contribution in [1.29, 1.82) is 5.26 Å². The molecule has 2 bridgehead atoms. The lowest BCUT2D eigenvalue weighted by atomic mass is 10.1. The molecule has 1 aromatic carbocycles. The van der Waals surface area contributed by atoms with E-state index in [1.54, 1.807) is 6.07 Å². The number of hydrogen-bond donors (Lipinski definition) is 1. The zero-order valence-corrected chi connectivity index (χ0v) is 13.8. The number of benzene rings is 1. The summed E-state index contributed by atoms with van der Waals surface area (Å²) >= 11 is 0. The lowest BCUT2D eigenvalue weighted by molar-refractivity contribution is -0.125. The van der Waals surface area contributed by atoms with E-state index in [4.69, 9.17) is 9.15 Å². The van der Waals surface area contributed by atoms with Crippen LogP contribution in [0.5, 0.6) is 0 Å². The fourth-order valence-electron chi connectivity index (χ4n) is 3.47. The molecule has 128 valence electrons. The number of nitrogens with zero attached hydrogens (tertiary/aromatic N) is 2. The number of hydrogen-bond acceptors (Lipinski definition) is 5. The summed E-state index contributed by atoms with van der Waals surface area (Å²) in [5.74, 6) is 1.46. The van der Waals surface area contributed by atoms with Crippen LogP contribution >= 0.6 is 0 Å². The van der Waals surface area contributed by atoms with Gasteiger partial charge in [0.15, 0.2) is 0 Å². The number of furan rings is 1. The lowest BCUT2D eigenvalue weighted by Crippen LogP contribution is -2.41. The molecule has 2 aromatic rings. The number of nitrogens with one attached hydrogen (secondary N) is 1. The van der Waals surface area contributed by atoms with Crippen LogP contribution < -0.4 is 5.32 Å². The summed E-state index contributed by atoms with van der Waals surface area (Å²) in [5.41, 5.74) is 1.40. The van der Waals surface area contributed by atoms with Gasteiger partial charge in [-0.3, -0.25) is 9.69 Å². The van der Waals surface area contributed by atoms with Gasteiger partial charge in [-0.1, -0.05) is 12.1 Å². The molecule has 1 N–H and O–H groups in total. The molecule has 0 spiro atoms. The number of carbonyl (C=O) groups is 1. The molecule has 2 aliphatic rings. The van der Waals surface area contributed by atoms with Gasteiger partial charge < -0.3 is 14.5 Å². The number of carbonyl (C=O) groups excluding carboxylic acids is 1. The predicted octanol–water partition coefficient (Wildman–Crippen LogP) is 1.77. The Kier molecular flexibility index (Phi) is 4.26. The minimum atomic E-state index is -0.138. The van der Waals surface area contributed by atoms with Gasteiger partial charge in [-0.2, -0.15) is 5.26 Å². The van der Waals surface area contributed by atoms with Crippen LogP contribution in [-0.4, -0.2) is 43.2 Å². The molecule has 0 aliphatic carbocycles. The van der Waals surface area contributed by atoms with Crippen molar-refractivity contribution in [3.63, 3.8) is 0 Å². The molecular formula is C19H19N3O3. The summed E-state index contributed by atoms with van der Waals surface area (Å²) < 4.78 is 11.5. The monoisotopic (exact) mass is 337 g/mol. The first-order valence-electron chi connectivity index (χ1n) is 8.41. The molecular weight excluding hydrogens is 318 g/mol. The van der Waals surface area contributed by atoms with Crippen molar-refractivity contribution in [3.05, 3.63) is 47.7 Å². The molecule has 1 aromatic heterocycles. The van der Waals surface area contributed by atoms with Crippen LogP contribution in [0.2, 0.25) is 0 Å². The molecule has 2 atom stereocenters. The Hall–Kier alpha value is -2.62. The zero-order valence-electron chi connectivity index (χ0n) is 13.8. The Morgan fingerprint density at radius 2 is 2.08 bits per heavy atom. The zero-order chi connectivity index (χ0) is 17.2. The van der Waals surface area contributed by atoms with Gasteiger partial charge in [-0.05, 0) is 24.3 Å². The number of fused-ring (bicyclic) bond motifs is 3. The molecule has 0 saturated carbocycles. The molecule has 2 saturated heterocycles. The van der Waals surface area contributed by atoms with Crippen molar-refractivity contribution in [3.8, 4) is 17.4 Å². The predicted molar refractivity (Wildman–Crippen MR) is 90.4 cm³/mol. The highest BCUT2D eigenvalue weighted by molar-refractivity contribution is 5.80. The maximum Gasteiger partial charge on any atom is 0.227 e. The first-order valence-corrected chi connectivity index (χ1v) is 8.41. The Balaban J connectivity index is 1.52. The fraction of sp³-hybridized carbons (Fsp3) is 0.368. The van der Waals surface area contributed by atoms with E-state index >= 15 is 0 Å². The second-order valence-electron chi connectivity index (χ2n) is 6.56. The van der Waals surface area contributed by atoms with E-state index in [1.807, 2.05) is 30.3 Å². The number of amides is 1. The average Bonchev–Trinajstić information content (AvgIpc) is 2.92. The average molecular weight is 337 g/mol. The van der Waals surface area contributed by atoms with E-state index in [9.17, 15) is 10.1 Å².